The number of allylic oxidation sites excluding steroid dienone is 3. The molecule has 0 spiro atoms. The van der Waals surface area contributed by atoms with Crippen molar-refractivity contribution in [3.05, 3.63) is 86.6 Å². The lowest BCUT2D eigenvalue weighted by atomic mass is 9.75. The van der Waals surface area contributed by atoms with Gasteiger partial charge in [0.15, 0.2) is 10.1 Å². The molecule has 0 fully saturated rings. The van der Waals surface area contributed by atoms with Crippen molar-refractivity contribution in [1.82, 2.24) is 10.2 Å². The highest BCUT2D eigenvalue weighted by Gasteiger charge is 2.43. The van der Waals surface area contributed by atoms with E-state index < -0.39 is 11.7 Å². The van der Waals surface area contributed by atoms with E-state index in [0.717, 1.165) is 16.8 Å². The summed E-state index contributed by atoms with van der Waals surface area (Å²) in [6, 6.07) is 12.0. The lowest BCUT2D eigenvalue weighted by Crippen LogP contribution is -2.39. The van der Waals surface area contributed by atoms with Gasteiger partial charge in [-0.2, -0.15) is 5.26 Å². The van der Waals surface area contributed by atoms with Crippen LogP contribution in [0.15, 0.2) is 63.4 Å². The zero-order valence-electron chi connectivity index (χ0n) is 21.6. The standard InChI is InChI=1S/C28H24ClFN6O2S2/c1-14-6-3-9-19(15(14)2)33-22(38)13-39-28-35-34-27(40-28)36-20-10-5-11-21(37)25(20)23(16(12-31)26(36)32)24-17(29)7-4-8-18(24)30/h3-4,6-9,23H,5,10-11,13,32H2,1-2H3,(H,33,38). The molecule has 204 valence electrons. The second kappa shape index (κ2) is 11.4. The van der Waals surface area contributed by atoms with E-state index in [1.54, 1.807) is 4.90 Å². The number of ketones is 1. The average molecular weight is 595 g/mol. The van der Waals surface area contributed by atoms with Gasteiger partial charge < -0.3 is 11.1 Å². The third kappa shape index (κ3) is 5.10. The molecule has 2 heterocycles. The number of aryl methyl sites for hydroxylation is 1. The number of aromatic nitrogens is 2. The molecule has 40 heavy (non-hydrogen) atoms. The molecule has 0 saturated heterocycles. The number of carbonyl (C=O) groups excluding carboxylic acids is 2. The number of nitrogens with zero attached hydrogens (tertiary/aromatic N) is 4. The van der Waals surface area contributed by atoms with Crippen LogP contribution in [0.25, 0.3) is 0 Å². The van der Waals surface area contributed by atoms with Gasteiger partial charge in [0.05, 0.1) is 23.3 Å². The molecule has 1 atom stereocenters. The Morgan fingerprint density at radius 3 is 2.80 bits per heavy atom. The highest BCUT2D eigenvalue weighted by Crippen LogP contribution is 2.49. The first-order valence-electron chi connectivity index (χ1n) is 12.4. The topological polar surface area (TPSA) is 125 Å². The average Bonchev–Trinajstić information content (AvgIpc) is 3.38. The number of Topliss-reactive ketones (excluding diaryl/α,β-unsaturated/α-hetero) is 1. The van der Waals surface area contributed by atoms with Crippen LogP contribution in [-0.2, 0) is 9.59 Å². The van der Waals surface area contributed by atoms with E-state index in [-0.39, 0.29) is 45.8 Å². The molecule has 1 aromatic heterocycles. The predicted molar refractivity (Wildman–Crippen MR) is 155 cm³/mol. The second-order valence-corrected chi connectivity index (χ2v) is 12.0. The molecule has 1 amide bonds. The summed E-state index contributed by atoms with van der Waals surface area (Å²) in [7, 11) is 0. The van der Waals surface area contributed by atoms with E-state index in [4.69, 9.17) is 17.3 Å². The Morgan fingerprint density at radius 1 is 1.27 bits per heavy atom. The van der Waals surface area contributed by atoms with Crippen LogP contribution >= 0.6 is 34.7 Å². The molecule has 0 saturated carbocycles. The van der Waals surface area contributed by atoms with E-state index in [2.05, 4.69) is 21.6 Å². The number of amides is 1. The minimum atomic E-state index is -1.02. The van der Waals surface area contributed by atoms with Crippen molar-refractivity contribution < 1.29 is 14.0 Å². The van der Waals surface area contributed by atoms with Gasteiger partial charge in [0.25, 0.3) is 0 Å². The van der Waals surface area contributed by atoms with Crippen molar-refractivity contribution in [2.45, 2.75) is 43.4 Å². The van der Waals surface area contributed by atoms with Crippen LogP contribution < -0.4 is 16.0 Å². The van der Waals surface area contributed by atoms with Crippen molar-refractivity contribution in [2.75, 3.05) is 16.0 Å². The number of thioether (sulfide) groups is 1. The number of halogens is 2. The quantitative estimate of drug-likeness (QED) is 0.334. The van der Waals surface area contributed by atoms with Gasteiger partial charge in [-0.3, -0.25) is 14.5 Å². The van der Waals surface area contributed by atoms with Gasteiger partial charge in [0, 0.05) is 34.0 Å². The summed E-state index contributed by atoms with van der Waals surface area (Å²) in [5, 5.41) is 22.0. The summed E-state index contributed by atoms with van der Waals surface area (Å²) in [6.45, 7) is 3.93. The Morgan fingerprint density at radius 2 is 2.05 bits per heavy atom. The lowest BCUT2D eigenvalue weighted by molar-refractivity contribution is -0.116. The Balaban J connectivity index is 1.44. The van der Waals surface area contributed by atoms with Gasteiger partial charge >= 0.3 is 0 Å². The van der Waals surface area contributed by atoms with E-state index in [1.807, 2.05) is 32.0 Å². The van der Waals surface area contributed by atoms with Crippen LogP contribution in [0.1, 0.15) is 41.9 Å². The fourth-order valence-corrected chi connectivity index (χ4v) is 6.88. The summed E-state index contributed by atoms with van der Waals surface area (Å²) < 4.78 is 15.6. The number of hydrogen-bond acceptors (Lipinski definition) is 9. The molecule has 5 rings (SSSR count). The smallest absolute Gasteiger partial charge is 0.234 e. The predicted octanol–water partition coefficient (Wildman–Crippen LogP) is 5.98. The molecule has 3 N–H and O–H groups in total. The Hall–Kier alpha value is -3.72. The zero-order chi connectivity index (χ0) is 28.6. The highest BCUT2D eigenvalue weighted by atomic mass is 35.5. The molecular formula is C28H24ClFN6O2S2. The maximum absolute atomic E-state index is 15.0. The molecule has 2 aromatic carbocycles. The monoisotopic (exact) mass is 594 g/mol. The van der Waals surface area contributed by atoms with Crippen LogP contribution in [-0.4, -0.2) is 27.6 Å². The van der Waals surface area contributed by atoms with Crippen LogP contribution in [0.5, 0.6) is 0 Å². The fraction of sp³-hybridized carbons (Fsp3) is 0.250. The maximum Gasteiger partial charge on any atom is 0.234 e. The lowest BCUT2D eigenvalue weighted by Gasteiger charge is -2.38. The Labute approximate surface area is 243 Å². The fourth-order valence-electron chi connectivity index (χ4n) is 4.93. The normalized spacial score (nSPS) is 17.1. The van der Waals surface area contributed by atoms with Gasteiger partial charge in [-0.1, -0.05) is 52.9 Å². The number of rotatable bonds is 6. The van der Waals surface area contributed by atoms with Gasteiger partial charge in [-0.05, 0) is 56.0 Å². The van der Waals surface area contributed by atoms with Crippen LogP contribution in [0.2, 0.25) is 5.02 Å². The van der Waals surface area contributed by atoms with Crippen molar-refractivity contribution in [3.63, 3.8) is 0 Å². The van der Waals surface area contributed by atoms with E-state index in [0.29, 0.717) is 33.6 Å². The zero-order valence-corrected chi connectivity index (χ0v) is 24.0. The number of nitriles is 1. The number of anilines is 2. The summed E-state index contributed by atoms with van der Waals surface area (Å²) in [4.78, 5) is 27.4. The summed E-state index contributed by atoms with van der Waals surface area (Å²) in [6.07, 6.45) is 1.31. The van der Waals surface area contributed by atoms with E-state index in [1.165, 1.54) is 41.3 Å². The first-order chi connectivity index (χ1) is 19.2. The van der Waals surface area contributed by atoms with Crippen molar-refractivity contribution in [3.8, 4) is 6.07 Å². The number of hydrogen-bond donors (Lipinski definition) is 2. The molecule has 1 aliphatic carbocycles. The summed E-state index contributed by atoms with van der Waals surface area (Å²) >= 11 is 8.78. The molecule has 0 radical (unpaired) electrons. The minimum absolute atomic E-state index is 0.0123. The molecular weight excluding hydrogens is 571 g/mol. The largest absolute Gasteiger partial charge is 0.384 e. The van der Waals surface area contributed by atoms with Gasteiger partial charge in [0.1, 0.15) is 11.6 Å². The molecule has 2 aliphatic rings. The number of nitrogens with one attached hydrogen (secondary N) is 1. The van der Waals surface area contributed by atoms with Crippen molar-refractivity contribution >= 4 is 57.2 Å². The summed E-state index contributed by atoms with van der Waals surface area (Å²) in [5.74, 6) is -1.87. The van der Waals surface area contributed by atoms with Crippen LogP contribution in [0.3, 0.4) is 0 Å². The van der Waals surface area contributed by atoms with Crippen LogP contribution in [0.4, 0.5) is 15.2 Å². The molecule has 1 unspecified atom stereocenters. The van der Waals surface area contributed by atoms with Crippen LogP contribution in [0, 0.1) is 31.0 Å². The van der Waals surface area contributed by atoms with Crippen molar-refractivity contribution in [2.24, 2.45) is 5.73 Å². The minimum Gasteiger partial charge on any atom is -0.384 e. The molecule has 8 nitrogen and oxygen atoms in total. The molecule has 3 aromatic rings. The third-order valence-corrected chi connectivity index (χ3v) is 9.37. The van der Waals surface area contributed by atoms with Crippen molar-refractivity contribution in [1.29, 1.82) is 5.26 Å². The maximum atomic E-state index is 15.0. The van der Waals surface area contributed by atoms with Gasteiger partial charge in [0.2, 0.25) is 11.0 Å². The van der Waals surface area contributed by atoms with Gasteiger partial charge in [-0.25, -0.2) is 4.39 Å². The Kier molecular flexibility index (Phi) is 7.94. The van der Waals surface area contributed by atoms with E-state index >= 15 is 4.39 Å². The number of carbonyl (C=O) groups is 2. The number of benzene rings is 2. The Bertz CT molecular complexity index is 1620. The van der Waals surface area contributed by atoms with Gasteiger partial charge in [-0.15, -0.1) is 10.2 Å². The SMILES string of the molecule is Cc1cccc(NC(=O)CSc2nnc(N3C(N)=C(C#N)C(c4c(F)cccc4Cl)C4=C3CCCC4=O)s2)c1C. The third-order valence-electron chi connectivity index (χ3n) is 6.99. The second-order valence-electron chi connectivity index (χ2n) is 9.39. The first kappa shape index (κ1) is 27.8. The highest BCUT2D eigenvalue weighted by molar-refractivity contribution is 8.01. The van der Waals surface area contributed by atoms with E-state index in [9.17, 15) is 14.9 Å². The summed E-state index contributed by atoms with van der Waals surface area (Å²) in [5.41, 5.74) is 10.3. The molecule has 1 aliphatic heterocycles. The molecule has 0 bridgehead atoms. The number of nitrogens with two attached hydrogens (primary N) is 1. The first-order valence-corrected chi connectivity index (χ1v) is 14.6. The molecule has 12 heteroatoms.